The van der Waals surface area contributed by atoms with Crippen LogP contribution in [0.4, 0.5) is 9.93 Å². The lowest BCUT2D eigenvalue weighted by molar-refractivity contribution is -0.137. The number of amides is 2. The first-order chi connectivity index (χ1) is 15.4. The van der Waals surface area contributed by atoms with Crippen molar-refractivity contribution in [2.24, 2.45) is 0 Å². The summed E-state index contributed by atoms with van der Waals surface area (Å²) in [6, 6.07) is 15.6. The summed E-state index contributed by atoms with van der Waals surface area (Å²) in [6.45, 7) is 1.77. The summed E-state index contributed by atoms with van der Waals surface area (Å²) in [7, 11) is 0. The quantitative estimate of drug-likeness (QED) is 0.498. The highest BCUT2D eigenvalue weighted by molar-refractivity contribution is 7.17. The van der Waals surface area contributed by atoms with Gasteiger partial charge in [-0.1, -0.05) is 59.9 Å². The van der Waals surface area contributed by atoms with E-state index in [1.54, 1.807) is 6.92 Å². The first-order valence-electron chi connectivity index (χ1n) is 10.0. The minimum Gasteiger partial charge on any atom is -0.481 e. The minimum atomic E-state index is -1.00. The van der Waals surface area contributed by atoms with E-state index in [2.05, 4.69) is 27.8 Å². The molecule has 3 N–H and O–H groups in total. The highest BCUT2D eigenvalue weighted by atomic mass is 32.1. The zero-order valence-electron chi connectivity index (χ0n) is 17.2. The molecule has 0 spiro atoms. The number of carbonyl (C=O) groups excluding carboxylic acids is 2. The van der Waals surface area contributed by atoms with Crippen molar-refractivity contribution in [3.63, 3.8) is 0 Å². The van der Waals surface area contributed by atoms with Crippen molar-refractivity contribution in [1.82, 2.24) is 10.3 Å². The van der Waals surface area contributed by atoms with Gasteiger partial charge in [0.25, 0.3) is 5.91 Å². The summed E-state index contributed by atoms with van der Waals surface area (Å²) < 4.78 is 5.47. The Morgan fingerprint density at radius 3 is 2.34 bits per heavy atom. The summed E-state index contributed by atoms with van der Waals surface area (Å²) in [5.74, 6) is -1.50. The fraction of sp³-hybridized carbons (Fsp3) is 0.217. The van der Waals surface area contributed by atoms with Gasteiger partial charge in [-0.05, 0) is 29.2 Å². The molecule has 9 heteroatoms. The standard InChI is InChI=1S/C23H21N3O5S/c1-13(10-20(27)28)25-21(29)19-11-24-22(32-19)26-23(30)31-12-18-16-8-4-2-6-14(16)15-7-3-5-9-17(15)18/h2-9,11,13,18H,10,12H2,1H3,(H,25,29)(H,27,28)(H,24,26,30). The first kappa shape index (κ1) is 21.5. The molecule has 0 radical (unpaired) electrons. The molecule has 1 heterocycles. The number of nitrogens with one attached hydrogen (secondary N) is 2. The summed E-state index contributed by atoms with van der Waals surface area (Å²) in [4.78, 5) is 39.5. The molecule has 32 heavy (non-hydrogen) atoms. The summed E-state index contributed by atoms with van der Waals surface area (Å²) in [5.41, 5.74) is 4.52. The smallest absolute Gasteiger partial charge is 0.413 e. The molecule has 3 aromatic rings. The predicted octanol–water partition coefficient (Wildman–Crippen LogP) is 4.10. The van der Waals surface area contributed by atoms with Crippen molar-refractivity contribution < 1.29 is 24.2 Å². The first-order valence-corrected chi connectivity index (χ1v) is 10.8. The number of carbonyl (C=O) groups is 3. The second kappa shape index (κ2) is 9.19. The van der Waals surface area contributed by atoms with E-state index in [-0.39, 0.29) is 29.0 Å². The van der Waals surface area contributed by atoms with Gasteiger partial charge in [-0.25, -0.2) is 9.78 Å². The van der Waals surface area contributed by atoms with Gasteiger partial charge >= 0.3 is 12.1 Å². The van der Waals surface area contributed by atoms with Gasteiger partial charge in [-0.3, -0.25) is 14.9 Å². The number of ether oxygens (including phenoxy) is 1. The molecule has 1 aliphatic rings. The van der Waals surface area contributed by atoms with Crippen LogP contribution in [0.1, 0.15) is 40.1 Å². The largest absolute Gasteiger partial charge is 0.481 e. The van der Waals surface area contributed by atoms with E-state index >= 15 is 0 Å². The van der Waals surface area contributed by atoms with Gasteiger partial charge in [0.1, 0.15) is 11.5 Å². The van der Waals surface area contributed by atoms with Crippen LogP contribution < -0.4 is 10.6 Å². The molecule has 1 unspecified atom stereocenters. The zero-order valence-corrected chi connectivity index (χ0v) is 18.0. The Labute approximate surface area is 188 Å². The van der Waals surface area contributed by atoms with E-state index in [1.807, 2.05) is 36.4 Å². The summed E-state index contributed by atoms with van der Waals surface area (Å²) >= 11 is 0.983. The van der Waals surface area contributed by atoms with Crippen LogP contribution >= 0.6 is 11.3 Å². The Morgan fingerprint density at radius 2 is 1.72 bits per heavy atom. The number of rotatable bonds is 7. The molecule has 0 aliphatic heterocycles. The molecule has 2 amide bonds. The molecule has 4 rings (SSSR count). The van der Waals surface area contributed by atoms with Crippen molar-refractivity contribution in [3.05, 3.63) is 70.7 Å². The Morgan fingerprint density at radius 1 is 1.09 bits per heavy atom. The number of carboxylic acids is 1. The van der Waals surface area contributed by atoms with Crippen LogP contribution in [0.15, 0.2) is 54.7 Å². The number of carboxylic acid groups (broad SMARTS) is 1. The third-order valence-electron chi connectivity index (χ3n) is 5.14. The Kier molecular flexibility index (Phi) is 6.18. The second-order valence-electron chi connectivity index (χ2n) is 7.45. The molecule has 0 saturated heterocycles. The number of hydrogen-bond donors (Lipinski definition) is 3. The second-order valence-corrected chi connectivity index (χ2v) is 8.48. The van der Waals surface area contributed by atoms with E-state index in [0.29, 0.717) is 0 Å². The fourth-order valence-electron chi connectivity index (χ4n) is 3.77. The van der Waals surface area contributed by atoms with E-state index in [4.69, 9.17) is 9.84 Å². The molecule has 0 bridgehead atoms. The summed E-state index contributed by atoms with van der Waals surface area (Å²) in [6.07, 6.45) is 0.481. The minimum absolute atomic E-state index is 0.0542. The third kappa shape index (κ3) is 4.62. The number of hydrogen-bond acceptors (Lipinski definition) is 6. The number of nitrogens with zero attached hydrogens (tertiary/aromatic N) is 1. The normalized spacial score (nSPS) is 13.0. The van der Waals surface area contributed by atoms with E-state index in [1.165, 1.54) is 6.20 Å². The highest BCUT2D eigenvalue weighted by Crippen LogP contribution is 2.44. The molecule has 2 aromatic carbocycles. The number of thiazole rings is 1. The molecular weight excluding hydrogens is 430 g/mol. The maximum absolute atomic E-state index is 12.3. The molecular formula is C23H21N3O5S. The molecule has 1 aliphatic carbocycles. The molecule has 0 saturated carbocycles. The van der Waals surface area contributed by atoms with Crippen LogP contribution in [0.3, 0.4) is 0 Å². The Balaban J connectivity index is 1.35. The van der Waals surface area contributed by atoms with Crippen LogP contribution in [0, 0.1) is 0 Å². The monoisotopic (exact) mass is 451 g/mol. The van der Waals surface area contributed by atoms with Gasteiger partial charge in [-0.2, -0.15) is 0 Å². The van der Waals surface area contributed by atoms with Crippen LogP contribution in [0.2, 0.25) is 0 Å². The van der Waals surface area contributed by atoms with Crippen LogP contribution in [0.5, 0.6) is 0 Å². The van der Waals surface area contributed by atoms with Crippen LogP contribution in [-0.2, 0) is 9.53 Å². The van der Waals surface area contributed by atoms with Gasteiger partial charge in [0.05, 0.1) is 12.6 Å². The van der Waals surface area contributed by atoms with Gasteiger partial charge in [0, 0.05) is 12.0 Å². The maximum Gasteiger partial charge on any atom is 0.413 e. The van der Waals surface area contributed by atoms with E-state index in [0.717, 1.165) is 33.6 Å². The lowest BCUT2D eigenvalue weighted by atomic mass is 9.98. The number of fused-ring (bicyclic) bond motifs is 3. The number of anilines is 1. The fourth-order valence-corrected chi connectivity index (χ4v) is 4.47. The number of aromatic nitrogens is 1. The van der Waals surface area contributed by atoms with Crippen LogP contribution in [-0.4, -0.2) is 40.7 Å². The van der Waals surface area contributed by atoms with Gasteiger partial charge in [0.2, 0.25) is 0 Å². The topological polar surface area (TPSA) is 118 Å². The third-order valence-corrected chi connectivity index (χ3v) is 6.05. The Bertz CT molecular complexity index is 1130. The van der Waals surface area contributed by atoms with Crippen molar-refractivity contribution >= 4 is 34.4 Å². The molecule has 8 nitrogen and oxygen atoms in total. The average molecular weight is 452 g/mol. The highest BCUT2D eigenvalue weighted by Gasteiger charge is 2.29. The average Bonchev–Trinajstić information content (AvgIpc) is 3.34. The SMILES string of the molecule is CC(CC(=O)O)NC(=O)c1cnc(NC(=O)OCC2c3ccccc3-c3ccccc32)s1. The Hall–Kier alpha value is -3.72. The van der Waals surface area contributed by atoms with Crippen molar-refractivity contribution in [2.45, 2.75) is 25.3 Å². The molecule has 164 valence electrons. The van der Waals surface area contributed by atoms with Crippen molar-refractivity contribution in [3.8, 4) is 11.1 Å². The van der Waals surface area contributed by atoms with Gasteiger partial charge in [-0.15, -0.1) is 0 Å². The molecule has 0 fully saturated rings. The van der Waals surface area contributed by atoms with E-state index < -0.39 is 24.0 Å². The van der Waals surface area contributed by atoms with Gasteiger partial charge < -0.3 is 15.2 Å². The molecule has 1 aromatic heterocycles. The predicted molar refractivity (Wildman–Crippen MR) is 120 cm³/mol. The lowest BCUT2D eigenvalue weighted by Gasteiger charge is -2.14. The van der Waals surface area contributed by atoms with Crippen molar-refractivity contribution in [2.75, 3.05) is 11.9 Å². The zero-order chi connectivity index (χ0) is 22.7. The van der Waals surface area contributed by atoms with Crippen molar-refractivity contribution in [1.29, 1.82) is 0 Å². The molecule has 1 atom stereocenters. The lowest BCUT2D eigenvalue weighted by Crippen LogP contribution is -2.33. The maximum atomic E-state index is 12.3. The summed E-state index contributed by atoms with van der Waals surface area (Å²) in [5, 5.41) is 14.1. The van der Waals surface area contributed by atoms with E-state index in [9.17, 15) is 14.4 Å². The number of benzene rings is 2. The van der Waals surface area contributed by atoms with Crippen LogP contribution in [0.25, 0.3) is 11.1 Å². The number of aliphatic carboxylic acids is 1. The van der Waals surface area contributed by atoms with Gasteiger partial charge in [0.15, 0.2) is 5.13 Å².